The maximum absolute atomic E-state index is 4.61. The largest absolute Gasteiger partial charge is 0.314 e. The first-order chi connectivity index (χ1) is 8.26. The predicted octanol–water partition coefficient (Wildman–Crippen LogP) is 3.02. The lowest BCUT2D eigenvalue weighted by Gasteiger charge is -2.25. The summed E-state index contributed by atoms with van der Waals surface area (Å²) in [5.41, 5.74) is 1.29. The van der Waals surface area contributed by atoms with E-state index in [1.54, 1.807) is 11.3 Å². The minimum atomic E-state index is 0.661. The van der Waals surface area contributed by atoms with Crippen LogP contribution in [0.15, 0.2) is 5.38 Å². The van der Waals surface area contributed by atoms with Crippen LogP contribution in [-0.4, -0.2) is 17.6 Å². The third-order valence-electron chi connectivity index (χ3n) is 4.41. The normalized spacial score (nSPS) is 32.5. The Balaban J connectivity index is 1.63. The fourth-order valence-electron chi connectivity index (χ4n) is 3.49. The van der Waals surface area contributed by atoms with Crippen LogP contribution in [0.2, 0.25) is 0 Å². The number of aryl methyl sites for hydroxylation is 1. The summed E-state index contributed by atoms with van der Waals surface area (Å²) in [7, 11) is 0. The number of rotatable bonds is 5. The molecule has 17 heavy (non-hydrogen) atoms. The topological polar surface area (TPSA) is 24.9 Å². The Bertz CT molecular complexity index is 377. The highest BCUT2D eigenvalue weighted by molar-refractivity contribution is 7.09. The Morgan fingerprint density at radius 2 is 2.18 bits per heavy atom. The van der Waals surface area contributed by atoms with Crippen molar-refractivity contribution in [1.29, 1.82) is 0 Å². The van der Waals surface area contributed by atoms with E-state index in [0.717, 1.165) is 30.7 Å². The fraction of sp³-hybridized carbons (Fsp3) is 0.786. The first kappa shape index (κ1) is 11.7. The van der Waals surface area contributed by atoms with Gasteiger partial charge in [-0.2, -0.15) is 0 Å². The molecule has 2 aliphatic rings. The Labute approximate surface area is 108 Å². The first-order valence-corrected chi connectivity index (χ1v) is 7.78. The molecule has 0 radical (unpaired) electrons. The Kier molecular flexibility index (Phi) is 3.22. The highest BCUT2D eigenvalue weighted by atomic mass is 32.1. The highest BCUT2D eigenvalue weighted by Crippen LogP contribution is 2.55. The molecule has 1 N–H and O–H groups in total. The summed E-state index contributed by atoms with van der Waals surface area (Å²) in [6.07, 6.45) is 5.57. The molecule has 94 valence electrons. The van der Waals surface area contributed by atoms with Crippen LogP contribution in [0.3, 0.4) is 0 Å². The SMILES string of the molecule is CCNC(Cc1csc(C)n1)C1CC2CC2C1. The fourth-order valence-corrected chi connectivity index (χ4v) is 4.11. The van der Waals surface area contributed by atoms with Crippen LogP contribution in [0, 0.1) is 24.7 Å². The number of nitrogens with zero attached hydrogens (tertiary/aromatic N) is 1. The van der Waals surface area contributed by atoms with Gasteiger partial charge in [-0.25, -0.2) is 4.98 Å². The molecule has 0 bridgehead atoms. The number of hydrogen-bond donors (Lipinski definition) is 1. The molecule has 2 fully saturated rings. The molecule has 0 amide bonds. The van der Waals surface area contributed by atoms with Crippen molar-refractivity contribution in [1.82, 2.24) is 10.3 Å². The molecular formula is C14H22N2S. The third kappa shape index (κ3) is 2.55. The molecule has 0 aliphatic heterocycles. The zero-order valence-corrected chi connectivity index (χ0v) is 11.6. The Morgan fingerprint density at radius 3 is 2.76 bits per heavy atom. The number of nitrogens with one attached hydrogen (secondary N) is 1. The van der Waals surface area contributed by atoms with Gasteiger partial charge in [0, 0.05) is 17.8 Å². The van der Waals surface area contributed by atoms with E-state index in [1.807, 2.05) is 0 Å². The average molecular weight is 250 g/mol. The number of thiazole rings is 1. The van der Waals surface area contributed by atoms with Crippen LogP contribution in [0.1, 0.15) is 36.9 Å². The smallest absolute Gasteiger partial charge is 0.0897 e. The molecule has 1 aromatic rings. The summed E-state index contributed by atoms with van der Waals surface area (Å²) in [4.78, 5) is 4.61. The minimum absolute atomic E-state index is 0.661. The van der Waals surface area contributed by atoms with Gasteiger partial charge in [0.15, 0.2) is 0 Å². The van der Waals surface area contributed by atoms with Crippen LogP contribution in [0.4, 0.5) is 0 Å². The van der Waals surface area contributed by atoms with Gasteiger partial charge in [0.25, 0.3) is 0 Å². The van der Waals surface area contributed by atoms with Gasteiger partial charge in [0.2, 0.25) is 0 Å². The van der Waals surface area contributed by atoms with Crippen LogP contribution >= 0.6 is 11.3 Å². The summed E-state index contributed by atoms with van der Waals surface area (Å²) >= 11 is 1.78. The summed E-state index contributed by atoms with van der Waals surface area (Å²) in [5.74, 6) is 3.07. The van der Waals surface area contributed by atoms with Gasteiger partial charge in [-0.15, -0.1) is 11.3 Å². The molecule has 0 spiro atoms. The van der Waals surface area contributed by atoms with Crippen molar-refractivity contribution in [2.45, 2.75) is 45.6 Å². The quantitative estimate of drug-likeness (QED) is 0.869. The van der Waals surface area contributed by atoms with Crippen LogP contribution in [-0.2, 0) is 6.42 Å². The van der Waals surface area contributed by atoms with E-state index in [-0.39, 0.29) is 0 Å². The second-order valence-electron chi connectivity index (χ2n) is 5.71. The molecule has 1 heterocycles. The van der Waals surface area contributed by atoms with E-state index in [4.69, 9.17) is 0 Å². The molecule has 2 aliphatic carbocycles. The van der Waals surface area contributed by atoms with Gasteiger partial charge in [0.1, 0.15) is 0 Å². The number of aromatic nitrogens is 1. The lowest BCUT2D eigenvalue weighted by molar-refractivity contribution is 0.335. The molecule has 3 atom stereocenters. The van der Waals surface area contributed by atoms with Crippen molar-refractivity contribution < 1.29 is 0 Å². The standard InChI is InChI=1S/C14H22N2S/c1-3-15-14(7-13-8-17-9(2)16-13)12-5-10-4-11(10)6-12/h8,10-12,14-15H,3-7H2,1-2H3. The molecular weight excluding hydrogens is 228 g/mol. The van der Waals surface area contributed by atoms with Crippen LogP contribution < -0.4 is 5.32 Å². The zero-order chi connectivity index (χ0) is 11.8. The van der Waals surface area contributed by atoms with E-state index in [1.165, 1.54) is 30.0 Å². The van der Waals surface area contributed by atoms with Gasteiger partial charge in [-0.1, -0.05) is 6.92 Å². The molecule has 0 aromatic carbocycles. The molecule has 3 unspecified atom stereocenters. The molecule has 3 rings (SSSR count). The van der Waals surface area contributed by atoms with Crippen molar-refractivity contribution in [3.05, 3.63) is 16.1 Å². The first-order valence-electron chi connectivity index (χ1n) is 6.90. The van der Waals surface area contributed by atoms with E-state index in [9.17, 15) is 0 Å². The van der Waals surface area contributed by atoms with Gasteiger partial charge >= 0.3 is 0 Å². The van der Waals surface area contributed by atoms with E-state index < -0.39 is 0 Å². The number of hydrogen-bond acceptors (Lipinski definition) is 3. The lowest BCUT2D eigenvalue weighted by atomic mass is 9.91. The van der Waals surface area contributed by atoms with E-state index in [0.29, 0.717) is 6.04 Å². The summed E-state index contributed by atoms with van der Waals surface area (Å²) in [6, 6.07) is 0.661. The van der Waals surface area contributed by atoms with Gasteiger partial charge in [-0.3, -0.25) is 0 Å². The van der Waals surface area contributed by atoms with Crippen molar-refractivity contribution in [3.8, 4) is 0 Å². The van der Waals surface area contributed by atoms with Crippen molar-refractivity contribution in [2.24, 2.45) is 17.8 Å². The Morgan fingerprint density at radius 1 is 1.41 bits per heavy atom. The number of fused-ring (bicyclic) bond motifs is 1. The molecule has 2 nitrogen and oxygen atoms in total. The maximum atomic E-state index is 4.61. The van der Waals surface area contributed by atoms with Crippen LogP contribution in [0.5, 0.6) is 0 Å². The van der Waals surface area contributed by atoms with E-state index in [2.05, 4.69) is 29.5 Å². The second-order valence-corrected chi connectivity index (χ2v) is 6.78. The highest BCUT2D eigenvalue weighted by Gasteiger charge is 2.47. The molecule has 0 saturated heterocycles. The van der Waals surface area contributed by atoms with Crippen molar-refractivity contribution >= 4 is 11.3 Å². The molecule has 3 heteroatoms. The molecule has 1 aromatic heterocycles. The van der Waals surface area contributed by atoms with Gasteiger partial charge < -0.3 is 5.32 Å². The number of likely N-dealkylation sites (N-methyl/N-ethyl adjacent to an activating group) is 1. The minimum Gasteiger partial charge on any atom is -0.314 e. The summed E-state index contributed by atoms with van der Waals surface area (Å²) < 4.78 is 0. The second kappa shape index (κ2) is 4.69. The average Bonchev–Trinajstić information content (AvgIpc) is 2.73. The Hall–Kier alpha value is -0.410. The van der Waals surface area contributed by atoms with E-state index >= 15 is 0 Å². The maximum Gasteiger partial charge on any atom is 0.0897 e. The lowest BCUT2D eigenvalue weighted by Crippen LogP contribution is -2.37. The monoisotopic (exact) mass is 250 g/mol. The summed E-state index contributed by atoms with van der Waals surface area (Å²) in [5, 5.41) is 7.12. The van der Waals surface area contributed by atoms with Gasteiger partial charge in [-0.05, 0) is 50.5 Å². The predicted molar refractivity (Wildman–Crippen MR) is 72.3 cm³/mol. The third-order valence-corrected chi connectivity index (χ3v) is 5.23. The zero-order valence-electron chi connectivity index (χ0n) is 10.8. The van der Waals surface area contributed by atoms with Crippen molar-refractivity contribution in [3.63, 3.8) is 0 Å². The molecule has 2 saturated carbocycles. The van der Waals surface area contributed by atoms with Crippen LogP contribution in [0.25, 0.3) is 0 Å². The summed E-state index contributed by atoms with van der Waals surface area (Å²) in [6.45, 7) is 5.40. The van der Waals surface area contributed by atoms with Crippen molar-refractivity contribution in [2.75, 3.05) is 6.54 Å². The van der Waals surface area contributed by atoms with Gasteiger partial charge in [0.05, 0.1) is 10.7 Å².